The second-order valence-electron chi connectivity index (χ2n) is 5.81. The summed E-state index contributed by atoms with van der Waals surface area (Å²) in [5.74, 6) is 1.06. The van der Waals surface area contributed by atoms with Crippen molar-refractivity contribution in [2.75, 3.05) is 18.9 Å². The van der Waals surface area contributed by atoms with E-state index in [9.17, 15) is 4.79 Å². The minimum atomic E-state index is 0.189. The van der Waals surface area contributed by atoms with Crippen LogP contribution in [0.5, 0.6) is 0 Å². The van der Waals surface area contributed by atoms with Crippen LogP contribution in [-0.2, 0) is 4.79 Å². The van der Waals surface area contributed by atoms with Crippen LogP contribution in [0.4, 0.5) is 5.69 Å². The molecule has 1 aromatic rings. The summed E-state index contributed by atoms with van der Waals surface area (Å²) in [7, 11) is 1.95. The van der Waals surface area contributed by atoms with E-state index >= 15 is 0 Å². The third kappa shape index (κ3) is 3.99. The van der Waals surface area contributed by atoms with Gasteiger partial charge >= 0.3 is 0 Å². The SMILES string of the molecule is CCC1CCC(N(C)C(=O)CNc2ccccc2)CC1. The summed E-state index contributed by atoms with van der Waals surface area (Å²) in [4.78, 5) is 14.2. The maximum atomic E-state index is 12.2. The van der Waals surface area contributed by atoms with Crippen molar-refractivity contribution in [3.8, 4) is 0 Å². The van der Waals surface area contributed by atoms with Crippen molar-refractivity contribution in [1.29, 1.82) is 0 Å². The zero-order valence-corrected chi connectivity index (χ0v) is 12.6. The molecule has 0 unspecified atom stereocenters. The lowest BCUT2D eigenvalue weighted by Crippen LogP contribution is -2.42. The minimum Gasteiger partial charge on any atom is -0.376 e. The van der Waals surface area contributed by atoms with Crippen LogP contribution >= 0.6 is 0 Å². The lowest BCUT2D eigenvalue weighted by molar-refractivity contribution is -0.130. The van der Waals surface area contributed by atoms with Gasteiger partial charge in [-0.1, -0.05) is 31.5 Å². The first kappa shape index (κ1) is 14.9. The quantitative estimate of drug-likeness (QED) is 0.891. The van der Waals surface area contributed by atoms with Gasteiger partial charge in [0.25, 0.3) is 0 Å². The van der Waals surface area contributed by atoms with E-state index in [1.165, 1.54) is 19.3 Å². The van der Waals surface area contributed by atoms with Crippen LogP contribution in [0, 0.1) is 5.92 Å². The van der Waals surface area contributed by atoms with Crippen molar-refractivity contribution in [1.82, 2.24) is 4.90 Å². The molecule has 110 valence electrons. The van der Waals surface area contributed by atoms with Crippen LogP contribution in [0.2, 0.25) is 0 Å². The molecule has 3 nitrogen and oxygen atoms in total. The molecule has 2 rings (SSSR count). The predicted molar refractivity (Wildman–Crippen MR) is 83.7 cm³/mol. The van der Waals surface area contributed by atoms with E-state index in [0.717, 1.165) is 24.4 Å². The van der Waals surface area contributed by atoms with Gasteiger partial charge in [-0.05, 0) is 43.7 Å². The number of hydrogen-bond donors (Lipinski definition) is 1. The molecule has 1 aliphatic rings. The first-order valence-electron chi connectivity index (χ1n) is 7.75. The molecule has 0 spiro atoms. The van der Waals surface area contributed by atoms with Crippen molar-refractivity contribution in [2.24, 2.45) is 5.92 Å². The summed E-state index contributed by atoms with van der Waals surface area (Å²) < 4.78 is 0. The maximum absolute atomic E-state index is 12.2. The summed E-state index contributed by atoms with van der Waals surface area (Å²) in [6.45, 7) is 2.65. The van der Waals surface area contributed by atoms with Gasteiger partial charge in [0.15, 0.2) is 0 Å². The van der Waals surface area contributed by atoms with E-state index < -0.39 is 0 Å². The average molecular weight is 274 g/mol. The zero-order chi connectivity index (χ0) is 14.4. The Bertz CT molecular complexity index is 410. The number of para-hydroxylation sites is 1. The topological polar surface area (TPSA) is 32.3 Å². The molecule has 0 heterocycles. The molecule has 1 N–H and O–H groups in total. The molecule has 0 aliphatic heterocycles. The maximum Gasteiger partial charge on any atom is 0.241 e. The number of rotatable bonds is 5. The highest BCUT2D eigenvalue weighted by Gasteiger charge is 2.25. The number of benzene rings is 1. The molecule has 1 aromatic carbocycles. The summed E-state index contributed by atoms with van der Waals surface area (Å²) in [5.41, 5.74) is 1.00. The van der Waals surface area contributed by atoms with E-state index in [2.05, 4.69) is 12.2 Å². The molecule has 0 aromatic heterocycles. The van der Waals surface area contributed by atoms with E-state index in [-0.39, 0.29) is 5.91 Å². The highest BCUT2D eigenvalue weighted by atomic mass is 16.2. The highest BCUT2D eigenvalue weighted by molar-refractivity contribution is 5.80. The van der Waals surface area contributed by atoms with Gasteiger partial charge in [0.05, 0.1) is 6.54 Å². The van der Waals surface area contributed by atoms with Crippen molar-refractivity contribution in [3.63, 3.8) is 0 Å². The number of likely N-dealkylation sites (N-methyl/N-ethyl adjacent to an activating group) is 1. The largest absolute Gasteiger partial charge is 0.376 e. The van der Waals surface area contributed by atoms with Gasteiger partial charge in [0.1, 0.15) is 0 Å². The Kier molecular flexibility index (Phi) is 5.45. The highest BCUT2D eigenvalue weighted by Crippen LogP contribution is 2.28. The Morgan fingerprint density at radius 1 is 1.20 bits per heavy atom. The first-order chi connectivity index (χ1) is 9.70. The molecule has 0 bridgehead atoms. The lowest BCUT2D eigenvalue weighted by Gasteiger charge is -2.34. The van der Waals surface area contributed by atoms with Gasteiger partial charge in [-0.3, -0.25) is 4.79 Å². The fourth-order valence-corrected chi connectivity index (χ4v) is 3.00. The van der Waals surface area contributed by atoms with Gasteiger partial charge in [-0.2, -0.15) is 0 Å². The van der Waals surface area contributed by atoms with Gasteiger partial charge in [-0.15, -0.1) is 0 Å². The van der Waals surface area contributed by atoms with Gasteiger partial charge in [0.2, 0.25) is 5.91 Å². The molecule has 0 saturated heterocycles. The zero-order valence-electron chi connectivity index (χ0n) is 12.6. The second-order valence-corrected chi connectivity index (χ2v) is 5.81. The Morgan fingerprint density at radius 3 is 2.45 bits per heavy atom. The lowest BCUT2D eigenvalue weighted by atomic mass is 9.84. The van der Waals surface area contributed by atoms with Crippen LogP contribution in [0.25, 0.3) is 0 Å². The fourth-order valence-electron chi connectivity index (χ4n) is 3.00. The number of nitrogens with zero attached hydrogens (tertiary/aromatic N) is 1. The number of anilines is 1. The fraction of sp³-hybridized carbons (Fsp3) is 0.588. The van der Waals surface area contributed by atoms with E-state index in [1.807, 2.05) is 42.3 Å². The molecule has 1 aliphatic carbocycles. The number of carbonyl (C=O) groups excluding carboxylic acids is 1. The van der Waals surface area contributed by atoms with Crippen molar-refractivity contribution in [2.45, 2.75) is 45.1 Å². The third-order valence-electron chi connectivity index (χ3n) is 4.55. The van der Waals surface area contributed by atoms with Crippen LogP contribution in [0.3, 0.4) is 0 Å². The minimum absolute atomic E-state index is 0.189. The summed E-state index contributed by atoms with van der Waals surface area (Å²) in [6, 6.07) is 10.3. The third-order valence-corrected chi connectivity index (χ3v) is 4.55. The van der Waals surface area contributed by atoms with E-state index in [1.54, 1.807) is 0 Å². The predicted octanol–water partition coefficient (Wildman–Crippen LogP) is 3.53. The second kappa shape index (κ2) is 7.32. The van der Waals surface area contributed by atoms with Crippen molar-refractivity contribution < 1.29 is 4.79 Å². The summed E-state index contributed by atoms with van der Waals surface area (Å²) >= 11 is 0. The average Bonchev–Trinajstić information content (AvgIpc) is 2.53. The number of hydrogen-bond acceptors (Lipinski definition) is 2. The molecule has 0 radical (unpaired) electrons. The molecule has 3 heteroatoms. The van der Waals surface area contributed by atoms with E-state index in [0.29, 0.717) is 12.6 Å². The van der Waals surface area contributed by atoms with Gasteiger partial charge in [-0.25, -0.2) is 0 Å². The summed E-state index contributed by atoms with van der Waals surface area (Å²) in [6.07, 6.45) is 6.13. The van der Waals surface area contributed by atoms with Crippen LogP contribution in [0.1, 0.15) is 39.0 Å². The first-order valence-corrected chi connectivity index (χ1v) is 7.75. The van der Waals surface area contributed by atoms with Gasteiger partial charge in [0, 0.05) is 18.8 Å². The standard InChI is InChI=1S/C17H26N2O/c1-3-14-9-11-16(12-10-14)19(2)17(20)13-18-15-7-5-4-6-8-15/h4-8,14,16,18H,3,9-13H2,1-2H3. The van der Waals surface area contributed by atoms with Crippen molar-refractivity contribution in [3.05, 3.63) is 30.3 Å². The summed E-state index contributed by atoms with van der Waals surface area (Å²) in [5, 5.41) is 3.19. The molecular formula is C17H26N2O. The molecule has 1 fully saturated rings. The van der Waals surface area contributed by atoms with Crippen molar-refractivity contribution >= 4 is 11.6 Å². The molecule has 0 atom stereocenters. The van der Waals surface area contributed by atoms with Gasteiger partial charge < -0.3 is 10.2 Å². The van der Waals surface area contributed by atoms with E-state index in [4.69, 9.17) is 0 Å². The normalized spacial score (nSPS) is 22.3. The number of carbonyl (C=O) groups is 1. The number of amides is 1. The Labute approximate surface area is 122 Å². The monoisotopic (exact) mass is 274 g/mol. The molecule has 1 saturated carbocycles. The van der Waals surface area contributed by atoms with Crippen LogP contribution in [0.15, 0.2) is 30.3 Å². The van der Waals surface area contributed by atoms with Crippen LogP contribution < -0.4 is 5.32 Å². The van der Waals surface area contributed by atoms with Crippen LogP contribution in [-0.4, -0.2) is 30.4 Å². The smallest absolute Gasteiger partial charge is 0.241 e. The number of nitrogens with one attached hydrogen (secondary N) is 1. The molecule has 20 heavy (non-hydrogen) atoms. The Morgan fingerprint density at radius 2 is 1.85 bits per heavy atom. The Hall–Kier alpha value is -1.51. The molecule has 1 amide bonds. The Balaban J connectivity index is 1.77. The molecular weight excluding hydrogens is 248 g/mol.